The molecule has 1 aromatic heterocycles. The fraction of sp³-hybridized carbons (Fsp3) is 0.222. The SMILES string of the molecule is CN(C)c1ccc(C2(c3ccc(N(C)C)cc3)C=Cc3c(C(=O)O)nn(C=CC=O)c3C2)cc1. The van der Waals surface area contributed by atoms with Gasteiger partial charge in [-0.1, -0.05) is 36.4 Å². The molecule has 0 fully saturated rings. The van der Waals surface area contributed by atoms with Crippen molar-refractivity contribution < 1.29 is 14.7 Å². The van der Waals surface area contributed by atoms with Gasteiger partial charge in [-0.25, -0.2) is 9.48 Å². The van der Waals surface area contributed by atoms with Gasteiger partial charge in [0.15, 0.2) is 5.69 Å². The molecule has 1 N–H and O–H groups in total. The summed E-state index contributed by atoms with van der Waals surface area (Å²) < 4.78 is 1.51. The molecular formula is C27H28N4O3. The van der Waals surface area contributed by atoms with Gasteiger partial charge >= 0.3 is 5.97 Å². The first-order chi connectivity index (χ1) is 16.3. The lowest BCUT2D eigenvalue weighted by atomic mass is 9.68. The fourth-order valence-electron chi connectivity index (χ4n) is 4.46. The quantitative estimate of drug-likeness (QED) is 0.429. The van der Waals surface area contributed by atoms with Crippen LogP contribution in [0.25, 0.3) is 12.3 Å². The molecule has 7 heteroatoms. The van der Waals surface area contributed by atoms with Crippen molar-refractivity contribution in [2.45, 2.75) is 11.8 Å². The number of carbonyl (C=O) groups excluding carboxylic acids is 1. The van der Waals surface area contributed by atoms with Crippen LogP contribution in [0.2, 0.25) is 0 Å². The largest absolute Gasteiger partial charge is 0.476 e. The number of benzene rings is 2. The number of carboxylic acid groups (broad SMARTS) is 1. The van der Waals surface area contributed by atoms with E-state index < -0.39 is 11.4 Å². The number of carbonyl (C=O) groups is 2. The van der Waals surface area contributed by atoms with Crippen molar-refractivity contribution in [3.63, 3.8) is 0 Å². The highest BCUT2D eigenvalue weighted by Crippen LogP contribution is 2.43. The third-order valence-corrected chi connectivity index (χ3v) is 6.34. The summed E-state index contributed by atoms with van der Waals surface area (Å²) in [5.41, 5.74) is 5.10. The number of rotatable bonds is 7. The molecule has 0 saturated heterocycles. The molecule has 1 heterocycles. The van der Waals surface area contributed by atoms with Crippen molar-refractivity contribution in [1.29, 1.82) is 0 Å². The Kier molecular flexibility index (Phi) is 6.11. The normalized spacial score (nSPS) is 14.1. The number of fused-ring (bicyclic) bond motifs is 1. The van der Waals surface area contributed by atoms with Crippen molar-refractivity contribution in [3.05, 3.63) is 88.8 Å². The second-order valence-electron chi connectivity index (χ2n) is 8.80. The van der Waals surface area contributed by atoms with Crippen molar-refractivity contribution in [3.8, 4) is 0 Å². The number of nitrogens with zero attached hydrogens (tertiary/aromatic N) is 4. The monoisotopic (exact) mass is 456 g/mol. The van der Waals surface area contributed by atoms with Gasteiger partial charge < -0.3 is 14.9 Å². The molecule has 174 valence electrons. The summed E-state index contributed by atoms with van der Waals surface area (Å²) in [7, 11) is 8.01. The van der Waals surface area contributed by atoms with Crippen molar-refractivity contribution in [1.82, 2.24) is 9.78 Å². The van der Waals surface area contributed by atoms with Gasteiger partial charge in [0.2, 0.25) is 0 Å². The first kappa shape index (κ1) is 23.0. The molecular weight excluding hydrogens is 428 g/mol. The molecule has 1 aliphatic rings. The first-order valence-electron chi connectivity index (χ1n) is 11.0. The third-order valence-electron chi connectivity index (χ3n) is 6.34. The predicted octanol–water partition coefficient (Wildman–Crippen LogP) is 3.94. The number of aromatic carboxylic acids is 1. The molecule has 0 bridgehead atoms. The van der Waals surface area contributed by atoms with E-state index in [2.05, 4.69) is 69.5 Å². The standard InChI is InChI=1S/C27H28N4O3/c1-29(2)21-10-6-19(7-11-21)27(20-8-12-22(13-9-20)30(3)4)15-14-23-24(18-27)31(16-5-17-32)28-25(23)26(33)34/h5-17H,18H2,1-4H3,(H,33,34). The number of aromatic nitrogens is 2. The minimum atomic E-state index is -1.10. The Morgan fingerprint density at radius 2 is 1.50 bits per heavy atom. The molecule has 0 atom stereocenters. The zero-order valence-corrected chi connectivity index (χ0v) is 19.8. The van der Waals surface area contributed by atoms with Crippen LogP contribution in [0.4, 0.5) is 11.4 Å². The van der Waals surface area contributed by atoms with Crippen LogP contribution >= 0.6 is 0 Å². The van der Waals surface area contributed by atoms with Crippen molar-refractivity contribution in [2.75, 3.05) is 38.0 Å². The molecule has 7 nitrogen and oxygen atoms in total. The number of anilines is 2. The van der Waals surface area contributed by atoms with Crippen LogP contribution in [0.15, 0.2) is 60.7 Å². The molecule has 3 aromatic rings. The lowest BCUT2D eigenvalue weighted by Gasteiger charge is -2.35. The molecule has 0 aliphatic heterocycles. The number of hydrogen-bond donors (Lipinski definition) is 1. The average Bonchev–Trinajstić information content (AvgIpc) is 3.20. The van der Waals surface area contributed by atoms with E-state index in [-0.39, 0.29) is 5.69 Å². The molecule has 0 unspecified atom stereocenters. The maximum absolute atomic E-state index is 11.9. The highest BCUT2D eigenvalue weighted by molar-refractivity contribution is 5.91. The maximum Gasteiger partial charge on any atom is 0.357 e. The van der Waals surface area contributed by atoms with E-state index in [4.69, 9.17) is 0 Å². The van der Waals surface area contributed by atoms with Gasteiger partial charge in [-0.15, -0.1) is 0 Å². The second kappa shape index (κ2) is 9.02. The molecule has 1 aliphatic carbocycles. The number of carboxylic acids is 1. The molecule has 0 saturated carbocycles. The topological polar surface area (TPSA) is 78.7 Å². The highest BCUT2D eigenvalue weighted by atomic mass is 16.4. The van der Waals surface area contributed by atoms with Crippen molar-refractivity contribution >= 4 is 35.9 Å². The van der Waals surface area contributed by atoms with Gasteiger partial charge in [-0.3, -0.25) is 4.79 Å². The van der Waals surface area contributed by atoms with E-state index in [1.54, 1.807) is 0 Å². The summed E-state index contributed by atoms with van der Waals surface area (Å²) in [6, 6.07) is 16.8. The lowest BCUT2D eigenvalue weighted by Crippen LogP contribution is -2.31. The highest BCUT2D eigenvalue weighted by Gasteiger charge is 2.38. The summed E-state index contributed by atoms with van der Waals surface area (Å²) in [6.45, 7) is 0. The first-order valence-corrected chi connectivity index (χ1v) is 11.0. The van der Waals surface area contributed by atoms with Crippen LogP contribution in [0.5, 0.6) is 0 Å². The van der Waals surface area contributed by atoms with Crippen LogP contribution in [0.3, 0.4) is 0 Å². The van der Waals surface area contributed by atoms with Crippen LogP contribution < -0.4 is 9.80 Å². The van der Waals surface area contributed by atoms with Gasteiger partial charge in [-0.2, -0.15) is 5.10 Å². The van der Waals surface area contributed by atoms with Gasteiger partial charge in [0, 0.05) is 63.2 Å². The lowest BCUT2D eigenvalue weighted by molar-refractivity contribution is -0.104. The maximum atomic E-state index is 11.9. The average molecular weight is 457 g/mol. The van der Waals surface area contributed by atoms with E-state index in [1.807, 2.05) is 34.3 Å². The molecule has 0 spiro atoms. The number of allylic oxidation sites excluding steroid dienone is 2. The van der Waals surface area contributed by atoms with Crippen LogP contribution in [-0.4, -0.2) is 55.3 Å². The fourth-order valence-corrected chi connectivity index (χ4v) is 4.46. The van der Waals surface area contributed by atoms with E-state index in [0.29, 0.717) is 18.3 Å². The Hall–Kier alpha value is -4.13. The summed E-state index contributed by atoms with van der Waals surface area (Å²) in [5, 5.41) is 14.0. The zero-order valence-electron chi connectivity index (χ0n) is 19.8. The smallest absolute Gasteiger partial charge is 0.357 e. The van der Waals surface area contributed by atoms with Crippen molar-refractivity contribution in [2.24, 2.45) is 0 Å². The van der Waals surface area contributed by atoms with Crippen LogP contribution in [0.1, 0.15) is 32.9 Å². The Balaban J connectivity index is 1.92. The molecule has 4 rings (SSSR count). The third kappa shape index (κ3) is 4.01. The van der Waals surface area contributed by atoms with Gasteiger partial charge in [0.05, 0.1) is 5.69 Å². The minimum absolute atomic E-state index is 0.0266. The molecule has 0 radical (unpaired) electrons. The predicted molar refractivity (Wildman–Crippen MR) is 136 cm³/mol. The van der Waals surface area contributed by atoms with E-state index >= 15 is 0 Å². The van der Waals surface area contributed by atoms with Crippen LogP contribution in [0, 0.1) is 0 Å². The number of hydrogen-bond acceptors (Lipinski definition) is 5. The number of aldehydes is 1. The second-order valence-corrected chi connectivity index (χ2v) is 8.80. The Labute approximate surface area is 199 Å². The van der Waals surface area contributed by atoms with Gasteiger partial charge in [0.1, 0.15) is 6.29 Å². The van der Waals surface area contributed by atoms with Crippen LogP contribution in [-0.2, 0) is 16.6 Å². The van der Waals surface area contributed by atoms with E-state index in [1.165, 1.54) is 17.0 Å². The Morgan fingerprint density at radius 3 is 1.94 bits per heavy atom. The molecule has 34 heavy (non-hydrogen) atoms. The molecule has 2 aromatic carbocycles. The van der Waals surface area contributed by atoms with E-state index in [9.17, 15) is 14.7 Å². The summed E-state index contributed by atoms with van der Waals surface area (Å²) >= 11 is 0. The Bertz CT molecular complexity index is 1210. The summed E-state index contributed by atoms with van der Waals surface area (Å²) in [6.07, 6.45) is 7.89. The summed E-state index contributed by atoms with van der Waals surface area (Å²) in [4.78, 5) is 26.9. The minimum Gasteiger partial charge on any atom is -0.476 e. The van der Waals surface area contributed by atoms with Gasteiger partial charge in [-0.05, 0) is 41.5 Å². The summed E-state index contributed by atoms with van der Waals surface area (Å²) in [5.74, 6) is -1.10. The van der Waals surface area contributed by atoms with Gasteiger partial charge in [0.25, 0.3) is 0 Å². The molecule has 0 amide bonds. The Morgan fingerprint density at radius 1 is 0.971 bits per heavy atom. The zero-order chi connectivity index (χ0) is 24.5. The van der Waals surface area contributed by atoms with E-state index in [0.717, 1.165) is 28.2 Å².